The molecule has 0 bridgehead atoms. The highest BCUT2D eigenvalue weighted by molar-refractivity contribution is 6.34. The van der Waals surface area contributed by atoms with E-state index in [0.29, 0.717) is 18.1 Å². The van der Waals surface area contributed by atoms with Gasteiger partial charge in [-0.3, -0.25) is 4.79 Å². The van der Waals surface area contributed by atoms with Crippen molar-refractivity contribution < 1.29 is 4.79 Å². The van der Waals surface area contributed by atoms with Crippen molar-refractivity contribution in [1.82, 2.24) is 9.88 Å². The van der Waals surface area contributed by atoms with Crippen LogP contribution >= 0.6 is 34.8 Å². The van der Waals surface area contributed by atoms with Crippen LogP contribution < -0.4 is 0 Å². The van der Waals surface area contributed by atoms with Gasteiger partial charge >= 0.3 is 0 Å². The van der Waals surface area contributed by atoms with Crippen molar-refractivity contribution in [1.29, 1.82) is 0 Å². The molecule has 1 aromatic heterocycles. The molecule has 0 atom stereocenters. The monoisotopic (exact) mass is 342 g/mol. The summed E-state index contributed by atoms with van der Waals surface area (Å²) >= 11 is 17.8. The Bertz CT molecular complexity index is 661. The molecule has 0 fully saturated rings. The van der Waals surface area contributed by atoms with E-state index in [2.05, 4.69) is 4.98 Å². The molecule has 6 heteroatoms. The summed E-state index contributed by atoms with van der Waals surface area (Å²) in [7, 11) is 0. The van der Waals surface area contributed by atoms with Crippen molar-refractivity contribution in [2.45, 2.75) is 13.5 Å². The molecule has 0 aliphatic heterocycles. The van der Waals surface area contributed by atoms with Crippen LogP contribution in [0, 0.1) is 0 Å². The summed E-state index contributed by atoms with van der Waals surface area (Å²) in [6.07, 6.45) is 0. The van der Waals surface area contributed by atoms with Crippen LogP contribution in [0.2, 0.25) is 15.2 Å². The van der Waals surface area contributed by atoms with Crippen molar-refractivity contribution in [3.63, 3.8) is 0 Å². The van der Waals surface area contributed by atoms with E-state index in [0.717, 1.165) is 5.56 Å². The first-order valence-corrected chi connectivity index (χ1v) is 7.50. The maximum atomic E-state index is 12.5. The van der Waals surface area contributed by atoms with Crippen molar-refractivity contribution in [2.75, 3.05) is 6.54 Å². The topological polar surface area (TPSA) is 33.2 Å². The Hall–Kier alpha value is -1.29. The molecular weight excluding hydrogens is 331 g/mol. The molecule has 21 heavy (non-hydrogen) atoms. The summed E-state index contributed by atoms with van der Waals surface area (Å²) < 4.78 is 0. The molecule has 110 valence electrons. The minimum Gasteiger partial charge on any atom is -0.333 e. The van der Waals surface area contributed by atoms with Crippen LogP contribution in [0.4, 0.5) is 0 Å². The van der Waals surface area contributed by atoms with E-state index in [1.165, 1.54) is 0 Å². The highest BCUT2D eigenvalue weighted by Gasteiger charge is 2.19. The number of nitrogens with zero attached hydrogens (tertiary/aromatic N) is 2. The average molecular weight is 344 g/mol. The lowest BCUT2D eigenvalue weighted by Crippen LogP contribution is -2.31. The van der Waals surface area contributed by atoms with Gasteiger partial charge in [-0.05, 0) is 36.8 Å². The van der Waals surface area contributed by atoms with Crippen molar-refractivity contribution >= 4 is 40.7 Å². The van der Waals surface area contributed by atoms with E-state index in [1.54, 1.807) is 23.1 Å². The Labute approximate surface area is 138 Å². The Morgan fingerprint density at radius 1 is 1.19 bits per heavy atom. The van der Waals surface area contributed by atoms with E-state index in [9.17, 15) is 4.79 Å². The van der Waals surface area contributed by atoms with Crippen LogP contribution in [0.15, 0.2) is 36.4 Å². The van der Waals surface area contributed by atoms with Gasteiger partial charge in [0.25, 0.3) is 5.91 Å². The molecule has 0 saturated carbocycles. The smallest absolute Gasteiger partial charge is 0.274 e. The molecule has 2 aromatic rings. The third-order valence-electron chi connectivity index (χ3n) is 2.95. The molecular formula is C15H13Cl3N2O. The molecule has 3 nitrogen and oxygen atoms in total. The van der Waals surface area contributed by atoms with Gasteiger partial charge in [-0.15, -0.1) is 0 Å². The van der Waals surface area contributed by atoms with Crippen LogP contribution in [0.3, 0.4) is 0 Å². The van der Waals surface area contributed by atoms with Gasteiger partial charge < -0.3 is 4.90 Å². The zero-order chi connectivity index (χ0) is 15.4. The van der Waals surface area contributed by atoms with Crippen LogP contribution in [0.25, 0.3) is 0 Å². The first-order valence-electron chi connectivity index (χ1n) is 6.37. The minimum absolute atomic E-state index is 0.160. The number of aromatic nitrogens is 1. The standard InChI is InChI=1S/C15H13Cl3N2O/c1-2-20(9-10-4-3-5-11(16)8-10)15(21)14-12(17)6-7-13(18)19-14/h3-8H,2,9H2,1H3. The maximum absolute atomic E-state index is 12.5. The quantitative estimate of drug-likeness (QED) is 0.754. The van der Waals surface area contributed by atoms with Crippen molar-refractivity contribution in [3.05, 3.63) is 62.9 Å². The van der Waals surface area contributed by atoms with E-state index >= 15 is 0 Å². The first kappa shape index (κ1) is 16.1. The number of hydrogen-bond donors (Lipinski definition) is 0. The number of pyridine rings is 1. The zero-order valence-corrected chi connectivity index (χ0v) is 13.6. The largest absolute Gasteiger partial charge is 0.333 e. The number of halogens is 3. The fourth-order valence-electron chi connectivity index (χ4n) is 1.90. The molecule has 0 saturated heterocycles. The summed E-state index contributed by atoms with van der Waals surface area (Å²) in [5.41, 5.74) is 1.10. The number of rotatable bonds is 4. The van der Waals surface area contributed by atoms with E-state index in [1.807, 2.05) is 25.1 Å². The fraction of sp³-hybridized carbons (Fsp3) is 0.200. The molecule has 1 aromatic carbocycles. The number of hydrogen-bond acceptors (Lipinski definition) is 2. The molecule has 1 heterocycles. The molecule has 0 unspecified atom stereocenters. The van der Waals surface area contributed by atoms with Gasteiger partial charge in [-0.25, -0.2) is 4.98 Å². The lowest BCUT2D eigenvalue weighted by atomic mass is 10.2. The molecule has 0 aliphatic carbocycles. The van der Waals surface area contributed by atoms with Gasteiger partial charge in [0.15, 0.2) is 0 Å². The molecule has 1 amide bonds. The summed E-state index contributed by atoms with van der Waals surface area (Å²) in [6.45, 7) is 2.84. The third kappa shape index (κ3) is 4.10. The summed E-state index contributed by atoms with van der Waals surface area (Å²) in [6, 6.07) is 10.5. The number of carbonyl (C=O) groups excluding carboxylic acids is 1. The van der Waals surface area contributed by atoms with Crippen LogP contribution in [0.5, 0.6) is 0 Å². The van der Waals surface area contributed by atoms with Gasteiger partial charge in [-0.1, -0.05) is 46.9 Å². The SMILES string of the molecule is CCN(Cc1cccc(Cl)c1)C(=O)c1nc(Cl)ccc1Cl. The second kappa shape index (κ2) is 7.12. The molecule has 0 spiro atoms. The van der Waals surface area contributed by atoms with Crippen LogP contribution in [-0.2, 0) is 6.54 Å². The minimum atomic E-state index is -0.259. The molecule has 0 N–H and O–H groups in total. The predicted octanol–water partition coefficient (Wildman–Crippen LogP) is 4.70. The van der Waals surface area contributed by atoms with E-state index in [4.69, 9.17) is 34.8 Å². The molecule has 2 rings (SSSR count). The average Bonchev–Trinajstić information content (AvgIpc) is 2.46. The first-order chi connectivity index (χ1) is 10.0. The Balaban J connectivity index is 2.24. The highest BCUT2D eigenvalue weighted by Crippen LogP contribution is 2.20. The van der Waals surface area contributed by atoms with Crippen molar-refractivity contribution in [2.24, 2.45) is 0 Å². The Morgan fingerprint density at radius 3 is 2.62 bits per heavy atom. The lowest BCUT2D eigenvalue weighted by molar-refractivity contribution is 0.0747. The van der Waals surface area contributed by atoms with Gasteiger partial charge in [-0.2, -0.15) is 0 Å². The Morgan fingerprint density at radius 2 is 1.95 bits per heavy atom. The molecule has 0 radical (unpaired) electrons. The van der Waals surface area contributed by atoms with Gasteiger partial charge in [0.1, 0.15) is 10.8 Å². The van der Waals surface area contributed by atoms with Crippen LogP contribution in [-0.4, -0.2) is 22.3 Å². The Kier molecular flexibility index (Phi) is 5.45. The fourth-order valence-corrected chi connectivity index (χ4v) is 2.45. The van der Waals surface area contributed by atoms with Gasteiger partial charge in [0.05, 0.1) is 5.02 Å². The summed E-state index contributed by atoms with van der Waals surface area (Å²) in [4.78, 5) is 18.2. The number of carbonyl (C=O) groups is 1. The van der Waals surface area contributed by atoms with Crippen molar-refractivity contribution in [3.8, 4) is 0 Å². The van der Waals surface area contributed by atoms with Gasteiger partial charge in [0, 0.05) is 18.1 Å². The number of benzene rings is 1. The summed E-state index contributed by atoms with van der Waals surface area (Å²) in [5, 5.41) is 1.16. The summed E-state index contributed by atoms with van der Waals surface area (Å²) in [5.74, 6) is -0.259. The number of amides is 1. The zero-order valence-electron chi connectivity index (χ0n) is 11.3. The van der Waals surface area contributed by atoms with E-state index in [-0.39, 0.29) is 21.8 Å². The molecule has 0 aliphatic rings. The highest BCUT2D eigenvalue weighted by atomic mass is 35.5. The van der Waals surface area contributed by atoms with Gasteiger partial charge in [0.2, 0.25) is 0 Å². The second-order valence-electron chi connectivity index (χ2n) is 4.41. The maximum Gasteiger partial charge on any atom is 0.274 e. The van der Waals surface area contributed by atoms with E-state index < -0.39 is 0 Å². The lowest BCUT2D eigenvalue weighted by Gasteiger charge is -2.21. The van der Waals surface area contributed by atoms with Crippen LogP contribution in [0.1, 0.15) is 23.0 Å². The third-order valence-corrected chi connectivity index (χ3v) is 3.70. The predicted molar refractivity (Wildman–Crippen MR) is 86.1 cm³/mol. The second-order valence-corrected chi connectivity index (χ2v) is 5.64. The normalized spacial score (nSPS) is 10.5.